The topological polar surface area (TPSA) is 51.2 Å². The smallest absolute Gasteiger partial charge is 0.323 e. The molecule has 1 N–H and O–H groups in total. The Balaban J connectivity index is 2.57. The summed E-state index contributed by atoms with van der Waals surface area (Å²) in [6.45, 7) is 6.81. The number of aromatic nitrogens is 1. The van der Waals surface area contributed by atoms with Crippen molar-refractivity contribution in [1.29, 1.82) is 0 Å². The highest BCUT2D eigenvalue weighted by atomic mass is 79.9. The fourth-order valence-corrected chi connectivity index (χ4v) is 1.80. The molecule has 0 fully saturated rings. The van der Waals surface area contributed by atoms with Crippen LogP contribution < -0.4 is 5.32 Å². The summed E-state index contributed by atoms with van der Waals surface area (Å²) >= 11 is 3.29. The van der Waals surface area contributed by atoms with Crippen molar-refractivity contribution in [2.75, 3.05) is 6.61 Å². The maximum atomic E-state index is 11.8. The third-order valence-corrected chi connectivity index (χ3v) is 2.99. The van der Waals surface area contributed by atoms with Gasteiger partial charge in [0.05, 0.1) is 6.61 Å². The number of pyridine rings is 1. The van der Waals surface area contributed by atoms with Crippen LogP contribution in [-0.4, -0.2) is 23.6 Å². The predicted octanol–water partition coefficient (Wildman–Crippen LogP) is 2.52. The third kappa shape index (κ3) is 4.74. The molecule has 0 amide bonds. The van der Waals surface area contributed by atoms with Crippen molar-refractivity contribution in [2.45, 2.75) is 33.4 Å². The van der Waals surface area contributed by atoms with E-state index >= 15 is 0 Å². The first-order valence-corrected chi connectivity index (χ1v) is 6.84. The number of hydrogen-bond acceptors (Lipinski definition) is 4. The Kier molecular flexibility index (Phi) is 6.29. The van der Waals surface area contributed by atoms with E-state index in [9.17, 15) is 4.79 Å². The molecule has 0 aliphatic rings. The molecule has 0 aliphatic carbocycles. The van der Waals surface area contributed by atoms with Crippen LogP contribution in [0.2, 0.25) is 0 Å². The highest BCUT2D eigenvalue weighted by Gasteiger charge is 2.22. The minimum atomic E-state index is -0.284. The fraction of sp³-hybridized carbons (Fsp3) is 0.538. The second kappa shape index (κ2) is 7.48. The number of nitrogens with zero attached hydrogens (tertiary/aromatic N) is 1. The largest absolute Gasteiger partial charge is 0.465 e. The highest BCUT2D eigenvalue weighted by molar-refractivity contribution is 9.10. The second-order valence-corrected chi connectivity index (χ2v) is 5.16. The Morgan fingerprint density at radius 3 is 2.72 bits per heavy atom. The number of nitrogens with one attached hydrogen (secondary N) is 1. The van der Waals surface area contributed by atoms with Crippen LogP contribution in [0.25, 0.3) is 0 Å². The Hall–Kier alpha value is -0.940. The maximum Gasteiger partial charge on any atom is 0.323 e. The fourth-order valence-electron chi connectivity index (χ4n) is 1.56. The molecule has 0 aliphatic heterocycles. The molecule has 4 nitrogen and oxygen atoms in total. The molecule has 0 radical (unpaired) electrons. The Bertz CT molecular complexity index is 379. The van der Waals surface area contributed by atoms with Crippen molar-refractivity contribution in [1.82, 2.24) is 10.3 Å². The zero-order chi connectivity index (χ0) is 13.5. The third-order valence-electron chi connectivity index (χ3n) is 2.52. The van der Waals surface area contributed by atoms with Crippen LogP contribution in [0.4, 0.5) is 0 Å². The van der Waals surface area contributed by atoms with Gasteiger partial charge in [-0.3, -0.25) is 4.79 Å². The van der Waals surface area contributed by atoms with Gasteiger partial charge in [0.1, 0.15) is 10.6 Å². The summed E-state index contributed by atoms with van der Waals surface area (Å²) in [6, 6.07) is 3.56. The van der Waals surface area contributed by atoms with Crippen LogP contribution in [0.15, 0.2) is 22.9 Å². The summed E-state index contributed by atoms with van der Waals surface area (Å²) in [5.41, 5.74) is 1.04. The van der Waals surface area contributed by atoms with Crippen LogP contribution in [0.3, 0.4) is 0 Å². The molecule has 1 atom stereocenters. The summed E-state index contributed by atoms with van der Waals surface area (Å²) in [5.74, 6) is -0.00923. The Morgan fingerprint density at radius 1 is 1.50 bits per heavy atom. The van der Waals surface area contributed by atoms with Crippen LogP contribution in [0, 0.1) is 5.92 Å². The molecule has 1 unspecified atom stereocenters. The molecule has 1 aromatic rings. The van der Waals surface area contributed by atoms with Gasteiger partial charge in [0.2, 0.25) is 0 Å². The van der Waals surface area contributed by atoms with E-state index in [2.05, 4.69) is 26.2 Å². The normalized spacial score (nSPS) is 12.5. The van der Waals surface area contributed by atoms with Gasteiger partial charge in [-0.1, -0.05) is 19.9 Å². The van der Waals surface area contributed by atoms with Gasteiger partial charge < -0.3 is 10.1 Å². The quantitative estimate of drug-likeness (QED) is 0.647. The number of halogens is 1. The molecular formula is C13H19BrN2O2. The lowest BCUT2D eigenvalue weighted by Gasteiger charge is -2.20. The molecule has 0 saturated heterocycles. The minimum Gasteiger partial charge on any atom is -0.465 e. The van der Waals surface area contributed by atoms with E-state index in [1.807, 2.05) is 32.9 Å². The van der Waals surface area contributed by atoms with E-state index < -0.39 is 0 Å². The molecular weight excluding hydrogens is 296 g/mol. The molecule has 1 aromatic heterocycles. The van der Waals surface area contributed by atoms with E-state index in [0.29, 0.717) is 13.2 Å². The van der Waals surface area contributed by atoms with Gasteiger partial charge in [-0.15, -0.1) is 0 Å². The minimum absolute atomic E-state index is 0.187. The van der Waals surface area contributed by atoms with E-state index in [1.165, 1.54) is 0 Å². The van der Waals surface area contributed by atoms with Crippen molar-refractivity contribution >= 4 is 21.9 Å². The number of hydrogen-bond donors (Lipinski definition) is 1. The number of carbonyl (C=O) groups excluding carboxylic acids is 1. The monoisotopic (exact) mass is 314 g/mol. The van der Waals surface area contributed by atoms with E-state index in [0.717, 1.165) is 10.2 Å². The standard InChI is InChI=1S/C13H19BrN2O2/c1-4-18-13(17)12(9(2)3)16-8-10-5-6-11(14)15-7-10/h5-7,9,12,16H,4,8H2,1-3H3. The van der Waals surface area contributed by atoms with Crippen molar-refractivity contribution in [2.24, 2.45) is 5.92 Å². The first kappa shape index (κ1) is 15.1. The molecule has 0 spiro atoms. The van der Waals surface area contributed by atoms with Crippen LogP contribution in [0.5, 0.6) is 0 Å². The summed E-state index contributed by atoms with van der Waals surface area (Å²) < 4.78 is 5.85. The lowest BCUT2D eigenvalue weighted by Crippen LogP contribution is -2.41. The molecule has 5 heteroatoms. The second-order valence-electron chi connectivity index (χ2n) is 4.34. The summed E-state index contributed by atoms with van der Waals surface area (Å²) in [5, 5.41) is 3.21. The van der Waals surface area contributed by atoms with Gasteiger partial charge in [-0.05, 0) is 40.4 Å². The van der Waals surface area contributed by atoms with Crippen molar-refractivity contribution < 1.29 is 9.53 Å². The van der Waals surface area contributed by atoms with Gasteiger partial charge >= 0.3 is 5.97 Å². The predicted molar refractivity (Wildman–Crippen MR) is 74.0 cm³/mol. The van der Waals surface area contributed by atoms with Crippen LogP contribution in [-0.2, 0) is 16.1 Å². The number of rotatable bonds is 6. The number of carbonyl (C=O) groups is 1. The lowest BCUT2D eigenvalue weighted by molar-refractivity contribution is -0.146. The van der Waals surface area contributed by atoms with Crippen molar-refractivity contribution in [3.63, 3.8) is 0 Å². The molecule has 0 aromatic carbocycles. The first-order chi connectivity index (χ1) is 8.54. The first-order valence-electron chi connectivity index (χ1n) is 6.05. The molecule has 1 heterocycles. The van der Waals surface area contributed by atoms with Gasteiger partial charge in [0, 0.05) is 12.7 Å². The number of ether oxygens (including phenoxy) is 1. The van der Waals surface area contributed by atoms with E-state index in [4.69, 9.17) is 4.74 Å². The summed E-state index contributed by atoms with van der Waals surface area (Å²) in [6.07, 6.45) is 1.78. The van der Waals surface area contributed by atoms with Gasteiger partial charge in [-0.2, -0.15) is 0 Å². The summed E-state index contributed by atoms with van der Waals surface area (Å²) in [4.78, 5) is 15.9. The van der Waals surface area contributed by atoms with Gasteiger partial charge in [-0.25, -0.2) is 4.98 Å². The van der Waals surface area contributed by atoms with E-state index in [-0.39, 0.29) is 17.9 Å². The van der Waals surface area contributed by atoms with Crippen LogP contribution in [0.1, 0.15) is 26.3 Å². The van der Waals surface area contributed by atoms with Crippen molar-refractivity contribution in [3.05, 3.63) is 28.5 Å². The lowest BCUT2D eigenvalue weighted by atomic mass is 10.0. The van der Waals surface area contributed by atoms with Crippen LogP contribution >= 0.6 is 15.9 Å². The Labute approximate surface area is 116 Å². The molecule has 1 rings (SSSR count). The zero-order valence-electron chi connectivity index (χ0n) is 10.9. The SMILES string of the molecule is CCOC(=O)C(NCc1ccc(Br)nc1)C(C)C. The zero-order valence-corrected chi connectivity index (χ0v) is 12.5. The molecule has 100 valence electrons. The average molecular weight is 315 g/mol. The van der Waals surface area contributed by atoms with Gasteiger partial charge in [0.25, 0.3) is 0 Å². The van der Waals surface area contributed by atoms with E-state index in [1.54, 1.807) is 6.20 Å². The summed E-state index contributed by atoms with van der Waals surface area (Å²) in [7, 11) is 0. The Morgan fingerprint density at radius 2 is 2.22 bits per heavy atom. The molecule has 18 heavy (non-hydrogen) atoms. The maximum absolute atomic E-state index is 11.8. The highest BCUT2D eigenvalue weighted by Crippen LogP contribution is 2.08. The van der Waals surface area contributed by atoms with Crippen molar-refractivity contribution in [3.8, 4) is 0 Å². The number of esters is 1. The van der Waals surface area contributed by atoms with Gasteiger partial charge in [0.15, 0.2) is 0 Å². The average Bonchev–Trinajstić information content (AvgIpc) is 2.31. The molecule has 0 bridgehead atoms. The molecule has 0 saturated carbocycles.